The van der Waals surface area contributed by atoms with Crippen LogP contribution in [-0.2, 0) is 26.2 Å². The number of nitrogens with one attached hydrogen (secondary N) is 1. The highest BCUT2D eigenvalue weighted by Gasteiger charge is 2.68. The molecule has 0 unspecified atom stereocenters. The lowest BCUT2D eigenvalue weighted by molar-refractivity contribution is -0.123. The SMILES string of the molecule is O=C(Cc1ccc(Cl)cc1)N/N=C\C12c3ccccc3C(c3ccccc31)[C@@H]1C(=O)N(c3ccc(Br)cc3)C(=O)[C@@H]12. The molecule has 1 N–H and O–H groups in total. The first-order valence-electron chi connectivity index (χ1n) is 13.3. The van der Waals surface area contributed by atoms with Crippen molar-refractivity contribution in [3.05, 3.63) is 134 Å². The van der Waals surface area contributed by atoms with Gasteiger partial charge in [-0.1, -0.05) is 88.2 Å². The van der Waals surface area contributed by atoms with Crippen LogP contribution in [0.1, 0.15) is 33.7 Å². The van der Waals surface area contributed by atoms with Gasteiger partial charge in [0.15, 0.2) is 0 Å². The van der Waals surface area contributed by atoms with E-state index < -0.39 is 17.3 Å². The first kappa shape index (κ1) is 25.9. The zero-order valence-corrected chi connectivity index (χ0v) is 24.0. The van der Waals surface area contributed by atoms with Gasteiger partial charge in [-0.05, 0) is 64.2 Å². The first-order valence-corrected chi connectivity index (χ1v) is 14.5. The van der Waals surface area contributed by atoms with Gasteiger partial charge in [0.25, 0.3) is 0 Å². The number of benzene rings is 4. The van der Waals surface area contributed by atoms with Gasteiger partial charge in [-0.2, -0.15) is 5.10 Å². The number of halogens is 2. The highest BCUT2D eigenvalue weighted by atomic mass is 79.9. The molecule has 2 atom stereocenters. The Morgan fingerprint density at radius 3 is 2.12 bits per heavy atom. The van der Waals surface area contributed by atoms with E-state index in [1.165, 1.54) is 4.90 Å². The standard InChI is InChI=1S/C33H23BrClN3O3/c34-20-11-15-22(16-12-20)38-31(40)29-28-23-5-1-3-7-25(23)33(30(29)32(38)41,26-8-4-2-6-24(26)28)18-36-37-27(39)17-19-9-13-21(35)14-10-19/h1-16,18,28-30H,17H2,(H,37,39)/b36-18-/t28?,29-,30+,33?/m0/s1. The van der Waals surface area contributed by atoms with Crippen molar-refractivity contribution in [3.8, 4) is 0 Å². The molecule has 0 aromatic heterocycles. The van der Waals surface area contributed by atoms with Crippen molar-refractivity contribution in [2.45, 2.75) is 17.8 Å². The second kappa shape index (κ2) is 9.79. The first-order chi connectivity index (χ1) is 19.9. The summed E-state index contributed by atoms with van der Waals surface area (Å²) in [6.45, 7) is 0. The van der Waals surface area contributed by atoms with Crippen molar-refractivity contribution in [2.75, 3.05) is 4.90 Å². The molecule has 3 aliphatic carbocycles. The third kappa shape index (κ3) is 3.90. The molecule has 1 aliphatic heterocycles. The van der Waals surface area contributed by atoms with Crippen LogP contribution >= 0.6 is 27.5 Å². The van der Waals surface area contributed by atoms with Gasteiger partial charge in [-0.15, -0.1) is 0 Å². The van der Waals surface area contributed by atoms with Crippen molar-refractivity contribution >= 4 is 57.2 Å². The van der Waals surface area contributed by atoms with Gasteiger partial charge in [0, 0.05) is 21.6 Å². The number of imide groups is 1. The van der Waals surface area contributed by atoms with Gasteiger partial charge >= 0.3 is 0 Å². The van der Waals surface area contributed by atoms with Crippen molar-refractivity contribution < 1.29 is 14.4 Å². The minimum absolute atomic E-state index is 0.123. The monoisotopic (exact) mass is 623 g/mol. The summed E-state index contributed by atoms with van der Waals surface area (Å²) >= 11 is 9.42. The zero-order valence-electron chi connectivity index (χ0n) is 21.6. The quantitative estimate of drug-likeness (QED) is 0.168. The molecule has 1 heterocycles. The molecule has 4 aromatic carbocycles. The Kier molecular flexibility index (Phi) is 6.17. The summed E-state index contributed by atoms with van der Waals surface area (Å²) in [6.07, 6.45) is 1.80. The van der Waals surface area contributed by atoms with Gasteiger partial charge in [0.05, 0.1) is 29.4 Å². The molecule has 8 rings (SSSR count). The maximum Gasteiger partial charge on any atom is 0.244 e. The molecule has 1 fully saturated rings. The normalized spacial score (nSPS) is 23.9. The topological polar surface area (TPSA) is 78.8 Å². The minimum atomic E-state index is -1.04. The average Bonchev–Trinajstić information content (AvgIpc) is 3.25. The molecule has 1 saturated heterocycles. The summed E-state index contributed by atoms with van der Waals surface area (Å²) in [4.78, 5) is 42.7. The van der Waals surface area contributed by atoms with Crippen molar-refractivity contribution in [2.24, 2.45) is 16.9 Å². The Morgan fingerprint density at radius 2 is 1.49 bits per heavy atom. The van der Waals surface area contributed by atoms with Gasteiger partial charge in [-0.25, -0.2) is 10.3 Å². The molecular weight excluding hydrogens is 602 g/mol. The summed E-state index contributed by atoms with van der Waals surface area (Å²) in [5, 5.41) is 5.06. The van der Waals surface area contributed by atoms with Crippen LogP contribution in [0.25, 0.3) is 0 Å². The van der Waals surface area contributed by atoms with Crippen LogP contribution < -0.4 is 10.3 Å². The van der Waals surface area contributed by atoms with Crippen LogP contribution in [0.4, 0.5) is 5.69 Å². The molecule has 0 saturated carbocycles. The Labute approximate surface area is 250 Å². The molecule has 41 heavy (non-hydrogen) atoms. The van der Waals surface area contributed by atoms with Crippen LogP contribution in [0.3, 0.4) is 0 Å². The Hall–Kier alpha value is -4.07. The average molecular weight is 625 g/mol. The van der Waals surface area contributed by atoms with E-state index in [-0.39, 0.29) is 30.1 Å². The van der Waals surface area contributed by atoms with Crippen LogP contribution in [0.15, 0.2) is 107 Å². The van der Waals surface area contributed by atoms with Gasteiger partial charge in [0.2, 0.25) is 17.7 Å². The fourth-order valence-corrected chi connectivity index (χ4v) is 7.32. The summed E-state index contributed by atoms with van der Waals surface area (Å²) in [7, 11) is 0. The molecule has 6 nitrogen and oxygen atoms in total. The van der Waals surface area contributed by atoms with E-state index in [1.54, 1.807) is 42.6 Å². The maximum absolute atomic E-state index is 14.3. The number of hydrazone groups is 1. The summed E-state index contributed by atoms with van der Waals surface area (Å²) in [6, 6.07) is 30.2. The van der Waals surface area contributed by atoms with Crippen LogP contribution in [0, 0.1) is 11.8 Å². The minimum Gasteiger partial charge on any atom is -0.274 e. The summed E-state index contributed by atoms with van der Waals surface area (Å²) in [5.74, 6) is -2.37. The largest absolute Gasteiger partial charge is 0.274 e. The number of rotatable bonds is 5. The molecule has 4 aromatic rings. The Bertz CT molecular complexity index is 1710. The number of carbonyl (C=O) groups is 3. The number of hydrogen-bond donors (Lipinski definition) is 1. The fourth-order valence-electron chi connectivity index (χ4n) is 6.93. The molecule has 4 aliphatic rings. The van der Waals surface area contributed by atoms with E-state index in [2.05, 4.69) is 26.5 Å². The van der Waals surface area contributed by atoms with E-state index in [4.69, 9.17) is 11.6 Å². The predicted molar refractivity (Wildman–Crippen MR) is 161 cm³/mol. The lowest BCUT2D eigenvalue weighted by Crippen LogP contribution is -2.54. The van der Waals surface area contributed by atoms with Gasteiger partial charge < -0.3 is 0 Å². The lowest BCUT2D eigenvalue weighted by Gasteiger charge is -2.52. The molecule has 0 radical (unpaired) electrons. The fraction of sp³-hybridized carbons (Fsp3) is 0.152. The number of amides is 3. The zero-order chi connectivity index (χ0) is 28.3. The van der Waals surface area contributed by atoms with Crippen molar-refractivity contribution in [1.82, 2.24) is 5.43 Å². The molecular formula is C33H23BrClN3O3. The van der Waals surface area contributed by atoms with E-state index in [1.807, 2.05) is 60.7 Å². The van der Waals surface area contributed by atoms with Gasteiger partial charge in [-0.3, -0.25) is 14.4 Å². The van der Waals surface area contributed by atoms with Crippen LogP contribution in [0.5, 0.6) is 0 Å². The maximum atomic E-state index is 14.3. The Morgan fingerprint density at radius 1 is 0.878 bits per heavy atom. The van der Waals surface area contributed by atoms with Crippen molar-refractivity contribution in [3.63, 3.8) is 0 Å². The number of anilines is 1. The molecule has 8 heteroatoms. The third-order valence-corrected chi connectivity index (χ3v) is 9.28. The van der Waals surface area contributed by atoms with E-state index in [0.717, 1.165) is 32.3 Å². The van der Waals surface area contributed by atoms with Crippen LogP contribution in [0.2, 0.25) is 5.02 Å². The predicted octanol–water partition coefficient (Wildman–Crippen LogP) is 6.00. The second-order valence-corrected chi connectivity index (χ2v) is 12.0. The molecule has 0 spiro atoms. The summed E-state index contributed by atoms with van der Waals surface area (Å²) in [5.41, 5.74) is 6.83. The molecule has 3 amide bonds. The van der Waals surface area contributed by atoms with Crippen LogP contribution in [-0.4, -0.2) is 23.9 Å². The lowest BCUT2D eigenvalue weighted by atomic mass is 9.47. The van der Waals surface area contributed by atoms with E-state index in [0.29, 0.717) is 10.7 Å². The third-order valence-electron chi connectivity index (χ3n) is 8.50. The summed E-state index contributed by atoms with van der Waals surface area (Å²) < 4.78 is 0.857. The number of carbonyl (C=O) groups excluding carboxylic acids is 3. The van der Waals surface area contributed by atoms with E-state index >= 15 is 0 Å². The number of hydrogen-bond acceptors (Lipinski definition) is 4. The number of nitrogens with zero attached hydrogens (tertiary/aromatic N) is 2. The van der Waals surface area contributed by atoms with Gasteiger partial charge in [0.1, 0.15) is 0 Å². The second-order valence-electron chi connectivity index (χ2n) is 10.6. The van der Waals surface area contributed by atoms with E-state index in [9.17, 15) is 14.4 Å². The molecule has 2 bridgehead atoms. The highest BCUT2D eigenvalue weighted by molar-refractivity contribution is 9.10. The highest BCUT2D eigenvalue weighted by Crippen LogP contribution is 2.63. The Balaban J connectivity index is 1.34. The molecule has 202 valence electrons. The van der Waals surface area contributed by atoms with Crippen molar-refractivity contribution in [1.29, 1.82) is 0 Å². The smallest absolute Gasteiger partial charge is 0.244 e.